The molecule has 3 heteroatoms. The Hall–Kier alpha value is -0.0151. The molecule has 2 nitrogen and oxygen atoms in total. The molecule has 0 aromatic rings. The zero-order valence-corrected chi connectivity index (χ0v) is 7.70. The molecule has 1 heterocycles. The van der Waals surface area contributed by atoms with Crippen LogP contribution in [-0.4, -0.2) is 32.8 Å². The van der Waals surface area contributed by atoms with Crippen LogP contribution in [0.2, 0.25) is 6.32 Å². The van der Waals surface area contributed by atoms with Crippen LogP contribution in [0.1, 0.15) is 13.3 Å². The van der Waals surface area contributed by atoms with Crippen LogP contribution >= 0.6 is 0 Å². The Bertz CT molecular complexity index is 128. The molecule has 3 unspecified atom stereocenters. The molecule has 2 radical (unpaired) electrons. The maximum Gasteiger partial charge on any atom is 0.0656 e. The fourth-order valence-electron chi connectivity index (χ4n) is 1.67. The number of hydrogen-bond donors (Lipinski definition) is 1. The third-order valence-corrected chi connectivity index (χ3v) is 2.76. The predicted molar refractivity (Wildman–Crippen MR) is 49.2 cm³/mol. The lowest BCUT2D eigenvalue weighted by Gasteiger charge is -2.31. The van der Waals surface area contributed by atoms with Crippen molar-refractivity contribution < 1.29 is 9.84 Å². The van der Waals surface area contributed by atoms with Crippen LogP contribution in [0.3, 0.4) is 0 Å². The summed E-state index contributed by atoms with van der Waals surface area (Å²) in [4.78, 5) is 0. The second-order valence-electron chi connectivity index (χ2n) is 3.79. The highest BCUT2D eigenvalue weighted by molar-refractivity contribution is 6.08. The normalized spacial score (nSPS) is 33.2. The number of ether oxygens (including phenoxy) is 1. The molecule has 1 fully saturated rings. The molecule has 1 aliphatic rings. The highest BCUT2D eigenvalue weighted by atomic mass is 16.5. The van der Waals surface area contributed by atoms with Crippen molar-refractivity contribution in [1.82, 2.24) is 0 Å². The minimum Gasteiger partial charge on any atom is -0.396 e. The zero-order chi connectivity index (χ0) is 8.97. The Morgan fingerprint density at radius 2 is 2.33 bits per heavy atom. The van der Waals surface area contributed by atoms with E-state index in [9.17, 15) is 0 Å². The Balaban J connectivity index is 2.34. The number of aliphatic hydroxyl groups excluding tert-OH is 1. The molecule has 3 atom stereocenters. The van der Waals surface area contributed by atoms with Gasteiger partial charge in [0.1, 0.15) is 0 Å². The molecule has 0 spiro atoms. The highest BCUT2D eigenvalue weighted by Gasteiger charge is 2.25. The van der Waals surface area contributed by atoms with E-state index in [2.05, 4.69) is 6.92 Å². The van der Waals surface area contributed by atoms with Gasteiger partial charge in [-0.1, -0.05) is 13.2 Å². The predicted octanol–water partition coefficient (Wildman–Crippen LogP) is 0.854. The van der Waals surface area contributed by atoms with E-state index in [-0.39, 0.29) is 6.61 Å². The van der Waals surface area contributed by atoms with Crippen molar-refractivity contribution in [1.29, 1.82) is 0 Å². The molecule has 1 saturated heterocycles. The molecule has 1 rings (SSSR count). The molecule has 0 saturated carbocycles. The van der Waals surface area contributed by atoms with Gasteiger partial charge in [0, 0.05) is 19.1 Å². The summed E-state index contributed by atoms with van der Waals surface area (Å²) in [6.07, 6.45) is 1.78. The summed E-state index contributed by atoms with van der Waals surface area (Å²) in [6, 6.07) is 0. The van der Waals surface area contributed by atoms with Crippen molar-refractivity contribution >= 4 is 7.85 Å². The van der Waals surface area contributed by atoms with Gasteiger partial charge < -0.3 is 9.84 Å². The topological polar surface area (TPSA) is 29.5 Å². The average molecular weight is 168 g/mol. The average Bonchev–Trinajstić information content (AvgIpc) is 2.17. The molecule has 12 heavy (non-hydrogen) atoms. The van der Waals surface area contributed by atoms with Crippen LogP contribution < -0.4 is 0 Å². The first-order chi connectivity index (χ1) is 5.77. The smallest absolute Gasteiger partial charge is 0.0656 e. The van der Waals surface area contributed by atoms with Crippen molar-refractivity contribution in [3.63, 3.8) is 0 Å². The van der Waals surface area contributed by atoms with Gasteiger partial charge in [-0.25, -0.2) is 0 Å². The van der Waals surface area contributed by atoms with Crippen LogP contribution in [0.25, 0.3) is 0 Å². The maximum absolute atomic E-state index is 8.95. The third kappa shape index (κ3) is 2.49. The molecule has 1 aliphatic heterocycles. The lowest BCUT2D eigenvalue weighted by molar-refractivity contribution is -0.0177. The van der Waals surface area contributed by atoms with E-state index >= 15 is 0 Å². The Morgan fingerprint density at radius 3 is 2.92 bits per heavy atom. The van der Waals surface area contributed by atoms with Gasteiger partial charge in [0.2, 0.25) is 0 Å². The van der Waals surface area contributed by atoms with Gasteiger partial charge in [0.25, 0.3) is 0 Å². The largest absolute Gasteiger partial charge is 0.396 e. The van der Waals surface area contributed by atoms with Gasteiger partial charge >= 0.3 is 0 Å². The second kappa shape index (κ2) is 4.88. The first-order valence-corrected chi connectivity index (χ1v) is 4.66. The van der Waals surface area contributed by atoms with Gasteiger partial charge in [0.05, 0.1) is 14.5 Å². The molecule has 68 valence electrons. The molecule has 1 N–H and O–H groups in total. The van der Waals surface area contributed by atoms with Gasteiger partial charge in [0.15, 0.2) is 0 Å². The van der Waals surface area contributed by atoms with Gasteiger partial charge in [-0.3, -0.25) is 0 Å². The van der Waals surface area contributed by atoms with E-state index in [1.54, 1.807) is 0 Å². The molecule has 0 bridgehead atoms. The van der Waals surface area contributed by atoms with Gasteiger partial charge in [-0.05, 0) is 18.3 Å². The lowest BCUT2D eigenvalue weighted by atomic mass is 9.78. The minimum absolute atomic E-state index is 0.244. The summed E-state index contributed by atoms with van der Waals surface area (Å²) in [6.45, 7) is 3.92. The quantitative estimate of drug-likeness (QED) is 0.633. The van der Waals surface area contributed by atoms with Crippen molar-refractivity contribution in [2.75, 3.05) is 19.8 Å². The zero-order valence-electron chi connectivity index (χ0n) is 7.70. The van der Waals surface area contributed by atoms with E-state index in [0.717, 1.165) is 13.0 Å². The number of aliphatic hydroxyl groups is 1. The molecule has 0 amide bonds. The molecule has 0 aliphatic carbocycles. The Morgan fingerprint density at radius 1 is 1.58 bits per heavy atom. The molecule has 0 aromatic heterocycles. The summed E-state index contributed by atoms with van der Waals surface area (Å²) < 4.78 is 5.39. The van der Waals surface area contributed by atoms with E-state index in [1.165, 1.54) is 0 Å². The second-order valence-corrected chi connectivity index (χ2v) is 3.79. The fourth-order valence-corrected chi connectivity index (χ4v) is 1.67. The SMILES string of the molecule is [B]CC(C)C1COCC(CO)C1. The molecule has 0 aromatic carbocycles. The first kappa shape index (κ1) is 10.1. The first-order valence-electron chi connectivity index (χ1n) is 4.66. The Labute approximate surface area is 75.7 Å². The standard InChI is InChI=1S/C9H17BO2/c1-7(3-10)9-2-8(4-11)5-12-6-9/h7-9,11H,2-6H2,1H3. The summed E-state index contributed by atoms with van der Waals surface area (Å²) in [5, 5.41) is 8.95. The maximum atomic E-state index is 8.95. The van der Waals surface area contributed by atoms with Crippen LogP contribution in [0.4, 0.5) is 0 Å². The Kier molecular flexibility index (Phi) is 4.09. The summed E-state index contributed by atoms with van der Waals surface area (Å²) in [5.74, 6) is 1.39. The lowest BCUT2D eigenvalue weighted by Crippen LogP contribution is -2.31. The summed E-state index contributed by atoms with van der Waals surface area (Å²) in [5.41, 5.74) is 0. The van der Waals surface area contributed by atoms with Gasteiger partial charge in [-0.2, -0.15) is 0 Å². The molecular formula is C9H17BO2. The van der Waals surface area contributed by atoms with Crippen molar-refractivity contribution in [3.8, 4) is 0 Å². The van der Waals surface area contributed by atoms with Crippen LogP contribution in [0.5, 0.6) is 0 Å². The van der Waals surface area contributed by atoms with E-state index in [1.807, 2.05) is 0 Å². The summed E-state index contributed by atoms with van der Waals surface area (Å²) >= 11 is 0. The summed E-state index contributed by atoms with van der Waals surface area (Å²) in [7, 11) is 5.57. The number of rotatable bonds is 3. The third-order valence-electron chi connectivity index (χ3n) is 2.76. The highest BCUT2D eigenvalue weighted by Crippen LogP contribution is 2.27. The van der Waals surface area contributed by atoms with E-state index in [0.29, 0.717) is 30.7 Å². The van der Waals surface area contributed by atoms with Crippen LogP contribution in [-0.2, 0) is 4.74 Å². The van der Waals surface area contributed by atoms with Crippen molar-refractivity contribution in [2.45, 2.75) is 19.7 Å². The fraction of sp³-hybridized carbons (Fsp3) is 1.00. The van der Waals surface area contributed by atoms with E-state index < -0.39 is 0 Å². The molecular weight excluding hydrogens is 151 g/mol. The van der Waals surface area contributed by atoms with E-state index in [4.69, 9.17) is 17.7 Å². The number of hydrogen-bond acceptors (Lipinski definition) is 2. The van der Waals surface area contributed by atoms with Crippen LogP contribution in [0, 0.1) is 17.8 Å². The van der Waals surface area contributed by atoms with Crippen molar-refractivity contribution in [2.24, 2.45) is 17.8 Å². The van der Waals surface area contributed by atoms with Crippen LogP contribution in [0.15, 0.2) is 0 Å². The minimum atomic E-state index is 0.244. The van der Waals surface area contributed by atoms with Crippen molar-refractivity contribution in [3.05, 3.63) is 0 Å². The van der Waals surface area contributed by atoms with Gasteiger partial charge in [-0.15, -0.1) is 0 Å². The monoisotopic (exact) mass is 168 g/mol.